The first-order valence-electron chi connectivity index (χ1n) is 9.44. The van der Waals surface area contributed by atoms with E-state index < -0.39 is 28.8 Å². The van der Waals surface area contributed by atoms with Gasteiger partial charge in [0.2, 0.25) is 0 Å². The van der Waals surface area contributed by atoms with Gasteiger partial charge in [0.25, 0.3) is 5.56 Å². The summed E-state index contributed by atoms with van der Waals surface area (Å²) < 4.78 is 55.4. The number of benzene rings is 2. The van der Waals surface area contributed by atoms with Gasteiger partial charge < -0.3 is 4.57 Å². The summed E-state index contributed by atoms with van der Waals surface area (Å²) in [6, 6.07) is 9.66. The summed E-state index contributed by atoms with van der Waals surface area (Å²) in [4.78, 5) is 30.3. The minimum absolute atomic E-state index is 0.0545. The van der Waals surface area contributed by atoms with Crippen molar-refractivity contribution in [3.63, 3.8) is 0 Å². The average molecular weight is 444 g/mol. The molecule has 4 aromatic rings. The van der Waals surface area contributed by atoms with E-state index in [0.717, 1.165) is 16.7 Å². The summed E-state index contributed by atoms with van der Waals surface area (Å²) in [7, 11) is 0. The summed E-state index contributed by atoms with van der Waals surface area (Å²) >= 11 is 0. The van der Waals surface area contributed by atoms with E-state index >= 15 is 0 Å². The van der Waals surface area contributed by atoms with Gasteiger partial charge in [-0.1, -0.05) is 18.2 Å². The standard InChI is InChI=1S/C22H16F4N4O2/c1-2-11-29-20(31)18-19(30(21(29)32)17-9-7-16(23)8-10-17)27-13-28(18)12-14-3-5-15(6-4-14)22(24,25)26/h2-10,13H,1,11-12H2. The number of imidazole rings is 1. The molecule has 0 radical (unpaired) electrons. The number of halogens is 4. The molecule has 0 amide bonds. The lowest BCUT2D eigenvalue weighted by Crippen LogP contribution is -2.39. The van der Waals surface area contributed by atoms with E-state index in [1.165, 1.54) is 57.9 Å². The molecule has 0 aliphatic heterocycles. The maximum atomic E-state index is 13.4. The summed E-state index contributed by atoms with van der Waals surface area (Å²) in [5.74, 6) is -0.495. The third-order valence-electron chi connectivity index (χ3n) is 4.93. The van der Waals surface area contributed by atoms with E-state index in [1.807, 2.05) is 0 Å². The molecular formula is C22H16F4N4O2. The molecule has 4 rings (SSSR count). The molecule has 0 bridgehead atoms. The molecule has 0 N–H and O–H groups in total. The molecule has 6 nitrogen and oxygen atoms in total. The number of hydrogen-bond donors (Lipinski definition) is 0. The summed E-state index contributed by atoms with van der Waals surface area (Å²) in [6.07, 6.45) is -1.73. The Morgan fingerprint density at radius 3 is 2.25 bits per heavy atom. The number of fused-ring (bicyclic) bond motifs is 1. The monoisotopic (exact) mass is 444 g/mol. The summed E-state index contributed by atoms with van der Waals surface area (Å²) in [5.41, 5.74) is -1.13. The fourth-order valence-electron chi connectivity index (χ4n) is 3.41. The number of hydrogen-bond acceptors (Lipinski definition) is 3. The third-order valence-corrected chi connectivity index (χ3v) is 4.93. The zero-order chi connectivity index (χ0) is 23.0. The molecule has 0 aliphatic carbocycles. The van der Waals surface area contributed by atoms with Crippen molar-refractivity contribution >= 4 is 11.2 Å². The Bertz CT molecular complexity index is 1410. The van der Waals surface area contributed by atoms with Crippen LogP contribution >= 0.6 is 0 Å². The van der Waals surface area contributed by atoms with Crippen LogP contribution in [-0.4, -0.2) is 18.7 Å². The third kappa shape index (κ3) is 3.75. The van der Waals surface area contributed by atoms with Crippen LogP contribution in [0.5, 0.6) is 0 Å². The van der Waals surface area contributed by atoms with Crippen LogP contribution < -0.4 is 11.2 Å². The van der Waals surface area contributed by atoms with Gasteiger partial charge in [-0.3, -0.25) is 9.36 Å². The maximum absolute atomic E-state index is 13.4. The van der Waals surface area contributed by atoms with E-state index in [1.54, 1.807) is 0 Å². The fraction of sp³-hybridized carbons (Fsp3) is 0.136. The van der Waals surface area contributed by atoms with E-state index in [2.05, 4.69) is 11.6 Å². The number of allylic oxidation sites excluding steroid dienone is 1. The molecule has 0 aliphatic rings. The van der Waals surface area contributed by atoms with Crippen LogP contribution in [0, 0.1) is 5.82 Å². The van der Waals surface area contributed by atoms with Gasteiger partial charge in [-0.15, -0.1) is 6.58 Å². The largest absolute Gasteiger partial charge is 0.416 e. The van der Waals surface area contributed by atoms with Crippen molar-refractivity contribution in [2.45, 2.75) is 19.3 Å². The Hall–Kier alpha value is -3.95. The number of aromatic nitrogens is 4. The second-order valence-electron chi connectivity index (χ2n) is 7.04. The van der Waals surface area contributed by atoms with Gasteiger partial charge in [0.1, 0.15) is 5.82 Å². The lowest BCUT2D eigenvalue weighted by molar-refractivity contribution is -0.137. The molecule has 2 aromatic carbocycles. The lowest BCUT2D eigenvalue weighted by atomic mass is 10.1. The average Bonchev–Trinajstić information content (AvgIpc) is 3.15. The summed E-state index contributed by atoms with van der Waals surface area (Å²) in [5, 5.41) is 0. The van der Waals surface area contributed by atoms with Gasteiger partial charge in [-0.2, -0.15) is 13.2 Å². The molecular weight excluding hydrogens is 428 g/mol. The van der Waals surface area contributed by atoms with Crippen LogP contribution in [0.25, 0.3) is 16.9 Å². The fourth-order valence-corrected chi connectivity index (χ4v) is 3.41. The van der Waals surface area contributed by atoms with Crippen molar-refractivity contribution in [3.8, 4) is 5.69 Å². The molecule has 0 atom stereocenters. The normalized spacial score (nSPS) is 11.8. The highest BCUT2D eigenvalue weighted by molar-refractivity contribution is 5.72. The summed E-state index contributed by atoms with van der Waals surface area (Å²) in [6.45, 7) is 3.55. The first-order chi connectivity index (χ1) is 15.2. The first kappa shape index (κ1) is 21.3. The maximum Gasteiger partial charge on any atom is 0.416 e. The highest BCUT2D eigenvalue weighted by Crippen LogP contribution is 2.29. The molecule has 0 saturated heterocycles. The zero-order valence-electron chi connectivity index (χ0n) is 16.5. The zero-order valence-corrected chi connectivity index (χ0v) is 16.5. The van der Waals surface area contributed by atoms with E-state index in [4.69, 9.17) is 0 Å². The Morgan fingerprint density at radius 2 is 1.66 bits per heavy atom. The Labute approximate surface area is 178 Å². The van der Waals surface area contributed by atoms with Crippen LogP contribution in [0.4, 0.5) is 17.6 Å². The van der Waals surface area contributed by atoms with E-state index in [9.17, 15) is 27.2 Å². The minimum Gasteiger partial charge on any atom is -0.320 e. The van der Waals surface area contributed by atoms with E-state index in [-0.39, 0.29) is 24.3 Å². The Kier molecular flexibility index (Phi) is 5.29. The number of nitrogens with zero attached hydrogens (tertiary/aromatic N) is 4. The predicted molar refractivity (Wildman–Crippen MR) is 110 cm³/mol. The minimum atomic E-state index is -4.45. The molecule has 164 valence electrons. The molecule has 2 aromatic heterocycles. The first-order valence-corrected chi connectivity index (χ1v) is 9.44. The van der Waals surface area contributed by atoms with Crippen LogP contribution in [0.3, 0.4) is 0 Å². The SMILES string of the molecule is C=CCn1c(=O)c2c(ncn2Cc2ccc(C(F)(F)F)cc2)n(-c2ccc(F)cc2)c1=O. The topological polar surface area (TPSA) is 61.8 Å². The second kappa shape index (κ2) is 7.95. The molecule has 0 fully saturated rings. The van der Waals surface area contributed by atoms with Gasteiger partial charge >= 0.3 is 11.9 Å². The Balaban J connectivity index is 1.89. The van der Waals surface area contributed by atoms with Gasteiger partial charge in [-0.05, 0) is 42.0 Å². The van der Waals surface area contributed by atoms with Crippen molar-refractivity contribution in [2.75, 3.05) is 0 Å². The molecule has 0 saturated carbocycles. The van der Waals surface area contributed by atoms with Crippen molar-refractivity contribution in [1.29, 1.82) is 0 Å². The number of rotatable bonds is 5. The van der Waals surface area contributed by atoms with Gasteiger partial charge in [0.15, 0.2) is 11.2 Å². The van der Waals surface area contributed by atoms with Crippen molar-refractivity contribution < 1.29 is 17.6 Å². The smallest absolute Gasteiger partial charge is 0.320 e. The molecule has 32 heavy (non-hydrogen) atoms. The van der Waals surface area contributed by atoms with E-state index in [0.29, 0.717) is 11.3 Å². The van der Waals surface area contributed by atoms with Crippen LogP contribution in [-0.2, 0) is 19.3 Å². The molecule has 10 heteroatoms. The molecule has 0 unspecified atom stereocenters. The van der Waals surface area contributed by atoms with Crippen LogP contribution in [0.15, 0.2) is 77.1 Å². The van der Waals surface area contributed by atoms with Crippen LogP contribution in [0.2, 0.25) is 0 Å². The van der Waals surface area contributed by atoms with Gasteiger partial charge in [0.05, 0.1) is 17.6 Å². The van der Waals surface area contributed by atoms with Crippen LogP contribution in [0.1, 0.15) is 11.1 Å². The van der Waals surface area contributed by atoms with Gasteiger partial charge in [-0.25, -0.2) is 18.7 Å². The lowest BCUT2D eigenvalue weighted by Gasteiger charge is -2.12. The highest BCUT2D eigenvalue weighted by Gasteiger charge is 2.30. The van der Waals surface area contributed by atoms with Crippen molar-refractivity contribution in [3.05, 3.63) is 105 Å². The second-order valence-corrected chi connectivity index (χ2v) is 7.04. The number of alkyl halides is 3. The quantitative estimate of drug-likeness (QED) is 0.348. The van der Waals surface area contributed by atoms with Gasteiger partial charge in [0, 0.05) is 13.1 Å². The predicted octanol–water partition coefficient (Wildman–Crippen LogP) is 3.74. The Morgan fingerprint density at radius 1 is 1.00 bits per heavy atom. The molecule has 2 heterocycles. The highest BCUT2D eigenvalue weighted by atomic mass is 19.4. The van der Waals surface area contributed by atoms with Crippen molar-refractivity contribution in [1.82, 2.24) is 18.7 Å². The van der Waals surface area contributed by atoms with Crippen molar-refractivity contribution in [2.24, 2.45) is 0 Å². The molecule has 0 spiro atoms.